The van der Waals surface area contributed by atoms with Crippen LogP contribution in [0.4, 0.5) is 10.1 Å². The van der Waals surface area contributed by atoms with Crippen LogP contribution in [-0.4, -0.2) is 27.1 Å². The standard InChI is InChI=1S/C30H37FN2O2S/c1-29(2,3)21-16-19(17-22(26(21)34)30(4,5)6)18-25-27(35)33(20-12-8-7-9-13-20)28(36-25)32-24-15-11-10-14-23(24)31/h10-11,14-18,20,34H,7-9,12-13H2,1-6H3/b25-18-,32-28?. The average Bonchev–Trinajstić information content (AvgIpc) is 3.10. The van der Waals surface area contributed by atoms with Gasteiger partial charge in [0.25, 0.3) is 5.91 Å². The fourth-order valence-electron chi connectivity index (χ4n) is 4.91. The highest BCUT2D eigenvalue weighted by Crippen LogP contribution is 2.42. The number of carbonyl (C=O) groups is 1. The van der Waals surface area contributed by atoms with E-state index >= 15 is 0 Å². The molecule has 1 N–H and O–H groups in total. The van der Waals surface area contributed by atoms with Crippen molar-refractivity contribution in [2.75, 3.05) is 0 Å². The summed E-state index contributed by atoms with van der Waals surface area (Å²) in [5.41, 5.74) is 2.27. The molecule has 1 saturated heterocycles. The lowest BCUT2D eigenvalue weighted by molar-refractivity contribution is -0.124. The molecule has 0 aromatic heterocycles. The summed E-state index contributed by atoms with van der Waals surface area (Å²) in [7, 11) is 0. The molecule has 1 aliphatic carbocycles. The molecule has 2 aromatic rings. The number of amides is 1. The molecular weight excluding hydrogens is 471 g/mol. The fourth-order valence-corrected chi connectivity index (χ4v) is 5.96. The molecule has 1 aliphatic heterocycles. The molecule has 0 spiro atoms. The number of para-hydroxylation sites is 1. The Morgan fingerprint density at radius 2 is 1.58 bits per heavy atom. The van der Waals surface area contributed by atoms with Gasteiger partial charge in [-0.1, -0.05) is 72.9 Å². The minimum Gasteiger partial charge on any atom is -0.507 e. The van der Waals surface area contributed by atoms with Crippen molar-refractivity contribution in [2.24, 2.45) is 4.99 Å². The second kappa shape index (κ2) is 10.0. The molecule has 4 rings (SSSR count). The quantitative estimate of drug-likeness (QED) is 0.427. The summed E-state index contributed by atoms with van der Waals surface area (Å²) in [6, 6.07) is 10.4. The van der Waals surface area contributed by atoms with Crippen LogP contribution in [0.5, 0.6) is 5.75 Å². The van der Waals surface area contributed by atoms with E-state index in [1.807, 2.05) is 18.2 Å². The van der Waals surface area contributed by atoms with E-state index in [-0.39, 0.29) is 28.5 Å². The van der Waals surface area contributed by atoms with Gasteiger partial charge in [0, 0.05) is 17.2 Å². The average molecular weight is 509 g/mol. The number of aliphatic imine (C=N–C) groups is 1. The largest absolute Gasteiger partial charge is 0.507 e. The first-order valence-corrected chi connectivity index (χ1v) is 13.6. The van der Waals surface area contributed by atoms with Crippen LogP contribution in [0.2, 0.25) is 0 Å². The predicted octanol–water partition coefficient (Wildman–Crippen LogP) is 8.06. The smallest absolute Gasteiger partial charge is 0.267 e. The van der Waals surface area contributed by atoms with Crippen molar-refractivity contribution in [3.63, 3.8) is 0 Å². The molecule has 1 heterocycles. The van der Waals surface area contributed by atoms with Gasteiger partial charge in [-0.3, -0.25) is 9.69 Å². The molecule has 4 nitrogen and oxygen atoms in total. The van der Waals surface area contributed by atoms with E-state index in [0.29, 0.717) is 15.8 Å². The number of amidine groups is 1. The van der Waals surface area contributed by atoms with Gasteiger partial charge in [0.15, 0.2) is 5.17 Å². The van der Waals surface area contributed by atoms with Gasteiger partial charge < -0.3 is 5.11 Å². The Balaban J connectivity index is 1.81. The van der Waals surface area contributed by atoms with Crippen molar-refractivity contribution in [1.82, 2.24) is 4.90 Å². The van der Waals surface area contributed by atoms with Crippen LogP contribution in [0, 0.1) is 5.82 Å². The highest BCUT2D eigenvalue weighted by molar-refractivity contribution is 8.18. The van der Waals surface area contributed by atoms with Crippen LogP contribution in [0.15, 0.2) is 46.3 Å². The third-order valence-corrected chi connectivity index (χ3v) is 7.87. The zero-order valence-corrected chi connectivity index (χ0v) is 23.0. The van der Waals surface area contributed by atoms with Crippen molar-refractivity contribution < 1.29 is 14.3 Å². The number of benzene rings is 2. The summed E-state index contributed by atoms with van der Waals surface area (Å²) >= 11 is 1.31. The van der Waals surface area contributed by atoms with E-state index in [0.717, 1.165) is 42.4 Å². The van der Waals surface area contributed by atoms with E-state index in [9.17, 15) is 14.3 Å². The summed E-state index contributed by atoms with van der Waals surface area (Å²) in [5.74, 6) is -0.167. The number of hydrogen-bond donors (Lipinski definition) is 1. The Kier molecular flexibility index (Phi) is 7.38. The van der Waals surface area contributed by atoms with Crippen molar-refractivity contribution in [3.05, 3.63) is 63.8 Å². The van der Waals surface area contributed by atoms with Crippen molar-refractivity contribution in [3.8, 4) is 5.75 Å². The summed E-state index contributed by atoms with van der Waals surface area (Å²) in [5, 5.41) is 11.6. The first kappa shape index (κ1) is 26.5. The van der Waals surface area contributed by atoms with E-state index in [4.69, 9.17) is 0 Å². The second-order valence-corrected chi connectivity index (χ2v) is 12.9. The molecule has 6 heteroatoms. The van der Waals surface area contributed by atoms with Crippen LogP contribution in [0.3, 0.4) is 0 Å². The minimum atomic E-state index is -0.401. The molecule has 0 unspecified atom stereocenters. The number of phenols is 1. The lowest BCUT2D eigenvalue weighted by atomic mass is 9.78. The maximum atomic E-state index is 14.4. The first-order valence-electron chi connectivity index (χ1n) is 12.8. The van der Waals surface area contributed by atoms with E-state index in [1.165, 1.54) is 24.2 Å². The number of rotatable bonds is 3. The second-order valence-electron chi connectivity index (χ2n) is 11.9. The number of halogens is 1. The van der Waals surface area contributed by atoms with Crippen LogP contribution < -0.4 is 0 Å². The van der Waals surface area contributed by atoms with Gasteiger partial charge in [-0.2, -0.15) is 0 Å². The number of hydrogen-bond acceptors (Lipinski definition) is 4. The van der Waals surface area contributed by atoms with Gasteiger partial charge in [0.2, 0.25) is 0 Å². The topological polar surface area (TPSA) is 52.9 Å². The van der Waals surface area contributed by atoms with Crippen LogP contribution in [0.25, 0.3) is 6.08 Å². The molecule has 2 aromatic carbocycles. The lowest BCUT2D eigenvalue weighted by Gasteiger charge is -2.30. The van der Waals surface area contributed by atoms with E-state index in [1.54, 1.807) is 23.1 Å². The highest BCUT2D eigenvalue weighted by atomic mass is 32.2. The van der Waals surface area contributed by atoms with Gasteiger partial charge in [0.1, 0.15) is 17.3 Å². The van der Waals surface area contributed by atoms with Crippen molar-refractivity contribution in [2.45, 2.75) is 90.5 Å². The number of nitrogens with zero attached hydrogens (tertiary/aromatic N) is 2. The third kappa shape index (κ3) is 5.54. The zero-order valence-electron chi connectivity index (χ0n) is 22.2. The van der Waals surface area contributed by atoms with Crippen LogP contribution in [-0.2, 0) is 15.6 Å². The van der Waals surface area contributed by atoms with Gasteiger partial charge in [-0.15, -0.1) is 0 Å². The summed E-state index contributed by atoms with van der Waals surface area (Å²) < 4.78 is 14.4. The number of carbonyl (C=O) groups excluding carboxylic acids is 1. The number of phenolic OH excluding ortho intramolecular Hbond substituents is 1. The molecule has 0 radical (unpaired) electrons. The van der Waals surface area contributed by atoms with Gasteiger partial charge in [-0.05, 0) is 71.3 Å². The van der Waals surface area contributed by atoms with Gasteiger partial charge >= 0.3 is 0 Å². The Labute approximate surface area is 218 Å². The SMILES string of the molecule is CC(C)(C)c1cc(/C=C2\SC(=Nc3ccccc3F)N(C3CCCCC3)C2=O)cc(C(C)(C)C)c1O. The third-order valence-electron chi connectivity index (χ3n) is 6.89. The Hall–Kier alpha value is -2.60. The summed E-state index contributed by atoms with van der Waals surface area (Å²) in [6.45, 7) is 12.4. The molecule has 2 fully saturated rings. The monoisotopic (exact) mass is 508 g/mol. The molecule has 36 heavy (non-hydrogen) atoms. The van der Waals surface area contributed by atoms with E-state index in [2.05, 4.69) is 46.5 Å². The predicted molar refractivity (Wildman–Crippen MR) is 148 cm³/mol. The normalized spacial score (nSPS) is 20.1. The first-order chi connectivity index (χ1) is 16.9. The molecule has 2 aliphatic rings. The minimum absolute atomic E-state index is 0.0743. The fraction of sp³-hybridized carbons (Fsp3) is 0.467. The molecule has 0 atom stereocenters. The summed E-state index contributed by atoms with van der Waals surface area (Å²) in [6.07, 6.45) is 7.08. The van der Waals surface area contributed by atoms with Crippen LogP contribution in [0.1, 0.15) is 90.3 Å². The van der Waals surface area contributed by atoms with Gasteiger partial charge in [-0.25, -0.2) is 9.38 Å². The van der Waals surface area contributed by atoms with Gasteiger partial charge in [0.05, 0.1) is 4.91 Å². The maximum Gasteiger partial charge on any atom is 0.267 e. The highest BCUT2D eigenvalue weighted by Gasteiger charge is 2.39. The summed E-state index contributed by atoms with van der Waals surface area (Å²) in [4.78, 5) is 20.7. The van der Waals surface area contributed by atoms with Crippen LogP contribution >= 0.6 is 11.8 Å². The van der Waals surface area contributed by atoms with Crippen molar-refractivity contribution in [1.29, 1.82) is 0 Å². The molecule has 1 amide bonds. The zero-order chi connectivity index (χ0) is 26.3. The number of aromatic hydroxyl groups is 1. The number of thioether (sulfide) groups is 1. The van der Waals surface area contributed by atoms with E-state index < -0.39 is 5.82 Å². The lowest BCUT2D eigenvalue weighted by Crippen LogP contribution is -2.40. The molecule has 192 valence electrons. The Morgan fingerprint density at radius 3 is 2.14 bits per heavy atom. The van der Waals surface area contributed by atoms with Crippen molar-refractivity contribution >= 4 is 34.6 Å². The molecule has 0 bridgehead atoms. The Bertz CT molecular complexity index is 1180. The Morgan fingerprint density at radius 1 is 1.00 bits per heavy atom. The molecule has 1 saturated carbocycles. The maximum absolute atomic E-state index is 14.4. The molecular formula is C30H37FN2O2S.